The van der Waals surface area contributed by atoms with Gasteiger partial charge in [0.25, 0.3) is 0 Å². The van der Waals surface area contributed by atoms with E-state index in [1.807, 2.05) is 18.2 Å². The number of carbonyl (C=O) groups excluding carboxylic acids is 3. The number of carbonyl (C=O) groups is 3. The maximum Gasteiger partial charge on any atom is 0.326 e. The molecule has 4 amide bonds. The summed E-state index contributed by atoms with van der Waals surface area (Å²) in [5.41, 5.74) is 8.92. The van der Waals surface area contributed by atoms with Gasteiger partial charge in [0, 0.05) is 25.7 Å². The second-order valence-electron chi connectivity index (χ2n) is 6.76. The van der Waals surface area contributed by atoms with Crippen LogP contribution in [0.1, 0.15) is 42.9 Å². The zero-order valence-electron chi connectivity index (χ0n) is 14.9. The molecule has 0 spiro atoms. The minimum atomic E-state index is -0.288. The van der Waals surface area contributed by atoms with Gasteiger partial charge in [0.15, 0.2) is 0 Å². The second-order valence-corrected chi connectivity index (χ2v) is 6.76. The van der Waals surface area contributed by atoms with Crippen LogP contribution in [0.25, 0.3) is 0 Å². The molecule has 142 valence electrons. The topological polar surface area (TPSA) is 95.7 Å². The maximum absolute atomic E-state index is 12.3. The molecule has 1 aliphatic heterocycles. The second kappa shape index (κ2) is 8.40. The number of likely N-dealkylation sites (N-methyl/N-ethyl adjacent to an activating group) is 1. The van der Waals surface area contributed by atoms with Gasteiger partial charge < -0.3 is 16.0 Å². The van der Waals surface area contributed by atoms with Crippen LogP contribution in [-0.2, 0) is 16.0 Å². The van der Waals surface area contributed by atoms with Gasteiger partial charge in [-0.05, 0) is 48.9 Å². The van der Waals surface area contributed by atoms with Crippen molar-refractivity contribution in [2.24, 2.45) is 0 Å². The molecule has 1 aromatic carbocycles. The lowest BCUT2D eigenvalue weighted by atomic mass is 9.87. The predicted molar refractivity (Wildman–Crippen MR) is 101 cm³/mol. The SMILES string of the molecule is CN1CC(=O)N(CCCC(=O)NC2CCCc3cc(N)ccc32)C1=O.Cl. The van der Waals surface area contributed by atoms with Crippen molar-refractivity contribution >= 4 is 35.9 Å². The number of nitrogen functional groups attached to an aromatic ring is 1. The number of amides is 4. The molecule has 3 rings (SSSR count). The molecule has 1 aliphatic carbocycles. The quantitative estimate of drug-likeness (QED) is 0.602. The summed E-state index contributed by atoms with van der Waals surface area (Å²) >= 11 is 0. The predicted octanol–water partition coefficient (Wildman–Crippen LogP) is 1.86. The number of nitrogens with two attached hydrogens (primary N) is 1. The summed E-state index contributed by atoms with van der Waals surface area (Å²) in [6, 6.07) is 5.56. The van der Waals surface area contributed by atoms with Gasteiger partial charge in [0.1, 0.15) is 6.54 Å². The summed E-state index contributed by atoms with van der Waals surface area (Å²) < 4.78 is 0. The number of fused-ring (bicyclic) bond motifs is 1. The number of hydrogen-bond donors (Lipinski definition) is 2. The third-order valence-electron chi connectivity index (χ3n) is 4.83. The number of halogens is 1. The molecule has 8 heteroatoms. The molecule has 1 saturated heterocycles. The van der Waals surface area contributed by atoms with E-state index >= 15 is 0 Å². The average Bonchev–Trinajstić information content (AvgIpc) is 2.81. The number of anilines is 1. The van der Waals surface area contributed by atoms with Crippen molar-refractivity contribution < 1.29 is 14.4 Å². The molecular weight excluding hydrogens is 356 g/mol. The van der Waals surface area contributed by atoms with Crippen molar-refractivity contribution in [3.8, 4) is 0 Å². The zero-order valence-corrected chi connectivity index (χ0v) is 15.7. The first kappa shape index (κ1) is 20.0. The van der Waals surface area contributed by atoms with Crippen molar-refractivity contribution in [3.63, 3.8) is 0 Å². The third-order valence-corrected chi connectivity index (χ3v) is 4.83. The molecule has 1 atom stereocenters. The van der Waals surface area contributed by atoms with Gasteiger partial charge in [-0.3, -0.25) is 14.5 Å². The first-order valence-electron chi connectivity index (χ1n) is 8.69. The lowest BCUT2D eigenvalue weighted by Gasteiger charge is -2.26. The fourth-order valence-corrected chi connectivity index (χ4v) is 3.54. The van der Waals surface area contributed by atoms with Crippen LogP contribution >= 0.6 is 12.4 Å². The Morgan fingerprint density at radius 3 is 2.81 bits per heavy atom. The molecule has 0 aromatic heterocycles. The highest BCUT2D eigenvalue weighted by Gasteiger charge is 2.33. The van der Waals surface area contributed by atoms with Gasteiger partial charge in [0.05, 0.1) is 6.04 Å². The van der Waals surface area contributed by atoms with Gasteiger partial charge in [-0.1, -0.05) is 6.07 Å². The molecule has 0 bridgehead atoms. The fraction of sp³-hybridized carbons (Fsp3) is 0.500. The van der Waals surface area contributed by atoms with Crippen molar-refractivity contribution in [3.05, 3.63) is 29.3 Å². The number of hydrogen-bond acceptors (Lipinski definition) is 4. The Morgan fingerprint density at radius 2 is 2.12 bits per heavy atom. The number of nitrogens with zero attached hydrogens (tertiary/aromatic N) is 2. The first-order chi connectivity index (χ1) is 12.0. The number of urea groups is 1. The lowest BCUT2D eigenvalue weighted by molar-refractivity contribution is -0.126. The third kappa shape index (κ3) is 4.27. The number of imide groups is 1. The highest BCUT2D eigenvalue weighted by atomic mass is 35.5. The van der Waals surface area contributed by atoms with Gasteiger partial charge in [-0.2, -0.15) is 0 Å². The highest BCUT2D eigenvalue weighted by Crippen LogP contribution is 2.31. The van der Waals surface area contributed by atoms with Gasteiger partial charge in [-0.15, -0.1) is 12.4 Å². The summed E-state index contributed by atoms with van der Waals surface area (Å²) in [7, 11) is 1.60. The molecule has 2 aliphatic rings. The summed E-state index contributed by atoms with van der Waals surface area (Å²) in [6.07, 6.45) is 3.68. The lowest BCUT2D eigenvalue weighted by Crippen LogP contribution is -2.34. The summed E-state index contributed by atoms with van der Waals surface area (Å²) in [4.78, 5) is 38.3. The van der Waals surface area contributed by atoms with Crippen molar-refractivity contribution in [1.29, 1.82) is 0 Å². The van der Waals surface area contributed by atoms with Gasteiger partial charge >= 0.3 is 6.03 Å². The van der Waals surface area contributed by atoms with Crippen molar-refractivity contribution in [1.82, 2.24) is 15.1 Å². The molecule has 1 unspecified atom stereocenters. The van der Waals surface area contributed by atoms with E-state index in [-0.39, 0.29) is 49.4 Å². The van der Waals surface area contributed by atoms with Crippen LogP contribution in [0.5, 0.6) is 0 Å². The van der Waals surface area contributed by atoms with E-state index in [4.69, 9.17) is 5.73 Å². The van der Waals surface area contributed by atoms with Gasteiger partial charge in [0.2, 0.25) is 11.8 Å². The first-order valence-corrected chi connectivity index (χ1v) is 8.69. The van der Waals surface area contributed by atoms with Crippen LogP contribution in [0.3, 0.4) is 0 Å². The summed E-state index contributed by atoms with van der Waals surface area (Å²) in [5, 5.41) is 3.07. The van der Waals surface area contributed by atoms with E-state index in [2.05, 4.69) is 5.32 Å². The summed E-state index contributed by atoms with van der Waals surface area (Å²) in [6.45, 7) is 0.403. The standard InChI is InChI=1S/C18H24N4O3.ClH/c1-21-11-17(24)22(18(21)25)9-3-6-16(23)20-15-5-2-4-12-10-13(19)7-8-14(12)15;/h7-8,10,15H,2-6,9,11,19H2,1H3,(H,20,23);1H. The molecular formula is C18H25ClN4O3. The smallest absolute Gasteiger partial charge is 0.326 e. The Kier molecular flexibility index (Phi) is 6.47. The van der Waals surface area contributed by atoms with Gasteiger partial charge in [-0.25, -0.2) is 4.79 Å². The number of aryl methyl sites for hydroxylation is 1. The molecule has 7 nitrogen and oxygen atoms in total. The molecule has 0 saturated carbocycles. The largest absolute Gasteiger partial charge is 0.399 e. The Bertz CT molecular complexity index is 710. The Labute approximate surface area is 159 Å². The monoisotopic (exact) mass is 380 g/mol. The van der Waals surface area contributed by atoms with Crippen LogP contribution in [0.15, 0.2) is 18.2 Å². The minimum absolute atomic E-state index is 0. The van der Waals surface area contributed by atoms with E-state index in [1.165, 1.54) is 15.4 Å². The van der Waals surface area contributed by atoms with Crippen molar-refractivity contribution in [2.45, 2.75) is 38.1 Å². The zero-order chi connectivity index (χ0) is 18.0. The van der Waals surface area contributed by atoms with E-state index in [9.17, 15) is 14.4 Å². The van der Waals surface area contributed by atoms with Crippen LogP contribution < -0.4 is 11.1 Å². The average molecular weight is 381 g/mol. The van der Waals surface area contributed by atoms with E-state index < -0.39 is 0 Å². The Morgan fingerprint density at radius 1 is 1.35 bits per heavy atom. The Hall–Kier alpha value is -2.28. The molecule has 1 aromatic rings. The van der Waals surface area contributed by atoms with Crippen LogP contribution in [0.2, 0.25) is 0 Å². The van der Waals surface area contributed by atoms with Crippen LogP contribution in [0.4, 0.5) is 10.5 Å². The van der Waals surface area contributed by atoms with E-state index in [0.717, 1.165) is 30.5 Å². The van der Waals surface area contributed by atoms with Crippen molar-refractivity contribution in [2.75, 3.05) is 25.9 Å². The number of rotatable bonds is 5. The normalized spacial score (nSPS) is 19.2. The van der Waals surface area contributed by atoms with E-state index in [1.54, 1.807) is 7.05 Å². The van der Waals surface area contributed by atoms with Crippen LogP contribution in [0, 0.1) is 0 Å². The molecule has 26 heavy (non-hydrogen) atoms. The molecule has 1 heterocycles. The maximum atomic E-state index is 12.3. The molecule has 0 radical (unpaired) electrons. The van der Waals surface area contributed by atoms with E-state index in [0.29, 0.717) is 12.8 Å². The van der Waals surface area contributed by atoms with Crippen LogP contribution in [-0.4, -0.2) is 47.8 Å². The highest BCUT2D eigenvalue weighted by molar-refractivity contribution is 6.01. The Balaban J connectivity index is 0.00000243. The molecule has 1 fully saturated rings. The molecule has 3 N–H and O–H groups in total. The summed E-state index contributed by atoms with van der Waals surface area (Å²) in [5.74, 6) is -0.256. The number of nitrogens with one attached hydrogen (secondary N) is 1. The minimum Gasteiger partial charge on any atom is -0.399 e. The number of benzene rings is 1. The fourth-order valence-electron chi connectivity index (χ4n) is 3.54.